The number of aryl methyl sites for hydroxylation is 1. The minimum Gasteiger partial charge on any atom is -0.496 e. The van der Waals surface area contributed by atoms with Crippen LogP contribution in [0.1, 0.15) is 47.7 Å². The number of nitrogens with two attached hydrogens (primary N) is 1. The highest BCUT2D eigenvalue weighted by molar-refractivity contribution is 6.00. The first kappa shape index (κ1) is 13.7. The van der Waals surface area contributed by atoms with Crippen molar-refractivity contribution in [2.75, 3.05) is 13.7 Å². The van der Waals surface area contributed by atoms with Gasteiger partial charge in [-0.1, -0.05) is 26.0 Å². The van der Waals surface area contributed by atoms with Crippen LogP contribution in [0.3, 0.4) is 0 Å². The molecule has 0 unspecified atom stereocenters. The van der Waals surface area contributed by atoms with Gasteiger partial charge in [-0.2, -0.15) is 0 Å². The molecule has 0 fully saturated rings. The van der Waals surface area contributed by atoms with Gasteiger partial charge in [-0.05, 0) is 30.5 Å². The van der Waals surface area contributed by atoms with Crippen molar-refractivity contribution < 1.29 is 9.53 Å². The molecule has 2 N–H and O–H groups in total. The van der Waals surface area contributed by atoms with E-state index >= 15 is 0 Å². The van der Waals surface area contributed by atoms with E-state index in [1.807, 2.05) is 19.1 Å². The fraction of sp³-hybridized carbons (Fsp3) is 0.500. The third-order valence-electron chi connectivity index (χ3n) is 2.86. The Morgan fingerprint density at radius 3 is 2.53 bits per heavy atom. The largest absolute Gasteiger partial charge is 0.496 e. The Morgan fingerprint density at radius 1 is 1.41 bits per heavy atom. The zero-order valence-electron chi connectivity index (χ0n) is 11.0. The number of rotatable bonds is 5. The van der Waals surface area contributed by atoms with Gasteiger partial charge in [-0.3, -0.25) is 4.79 Å². The van der Waals surface area contributed by atoms with Gasteiger partial charge in [-0.15, -0.1) is 0 Å². The summed E-state index contributed by atoms with van der Waals surface area (Å²) in [6.07, 6.45) is 0.361. The van der Waals surface area contributed by atoms with Crippen LogP contribution in [0.25, 0.3) is 0 Å². The summed E-state index contributed by atoms with van der Waals surface area (Å²) in [6.45, 7) is 6.46. The van der Waals surface area contributed by atoms with Crippen LogP contribution in [-0.4, -0.2) is 19.4 Å². The Balaban J connectivity index is 3.38. The average molecular weight is 235 g/mol. The van der Waals surface area contributed by atoms with Gasteiger partial charge in [-0.25, -0.2) is 0 Å². The molecule has 94 valence electrons. The number of hydrogen-bond donors (Lipinski definition) is 1. The SMILES string of the molecule is COc1c(C)ccc(C(C)C)c1C(=O)CCN. The number of ketones is 1. The molecule has 1 aromatic rings. The molecule has 17 heavy (non-hydrogen) atoms. The second kappa shape index (κ2) is 5.82. The van der Waals surface area contributed by atoms with Crippen LogP contribution in [0.5, 0.6) is 5.75 Å². The molecule has 0 spiro atoms. The normalized spacial score (nSPS) is 10.7. The van der Waals surface area contributed by atoms with Crippen molar-refractivity contribution in [3.05, 3.63) is 28.8 Å². The third kappa shape index (κ3) is 2.86. The fourth-order valence-electron chi connectivity index (χ4n) is 1.99. The summed E-state index contributed by atoms with van der Waals surface area (Å²) < 4.78 is 5.37. The highest BCUT2D eigenvalue weighted by Gasteiger charge is 2.19. The number of ether oxygens (including phenoxy) is 1. The number of methoxy groups -OCH3 is 1. The maximum absolute atomic E-state index is 12.1. The lowest BCUT2D eigenvalue weighted by Crippen LogP contribution is -2.13. The Bertz CT molecular complexity index is 411. The standard InChI is InChI=1S/C14H21NO2/c1-9(2)11-6-5-10(3)14(17-4)13(11)12(16)7-8-15/h5-6,9H,7-8,15H2,1-4H3. The van der Waals surface area contributed by atoms with Gasteiger partial charge >= 0.3 is 0 Å². The van der Waals surface area contributed by atoms with Gasteiger partial charge in [0.25, 0.3) is 0 Å². The van der Waals surface area contributed by atoms with Gasteiger partial charge in [0.1, 0.15) is 5.75 Å². The Hall–Kier alpha value is -1.35. The second-order valence-electron chi connectivity index (χ2n) is 4.50. The molecule has 0 aliphatic carbocycles. The Morgan fingerprint density at radius 2 is 2.06 bits per heavy atom. The summed E-state index contributed by atoms with van der Waals surface area (Å²) in [5, 5.41) is 0. The summed E-state index contributed by atoms with van der Waals surface area (Å²) >= 11 is 0. The first-order valence-electron chi connectivity index (χ1n) is 5.93. The van der Waals surface area contributed by atoms with E-state index in [1.54, 1.807) is 7.11 Å². The van der Waals surface area contributed by atoms with Crippen molar-refractivity contribution in [2.24, 2.45) is 5.73 Å². The van der Waals surface area contributed by atoms with Crippen molar-refractivity contribution in [3.63, 3.8) is 0 Å². The van der Waals surface area contributed by atoms with Crippen molar-refractivity contribution in [3.8, 4) is 5.75 Å². The van der Waals surface area contributed by atoms with Gasteiger partial charge in [0.2, 0.25) is 0 Å². The molecule has 0 bridgehead atoms. The molecule has 0 radical (unpaired) electrons. The van der Waals surface area contributed by atoms with Gasteiger partial charge in [0.05, 0.1) is 12.7 Å². The van der Waals surface area contributed by atoms with Gasteiger partial charge in [0.15, 0.2) is 5.78 Å². The molecule has 1 rings (SSSR count). The van der Waals surface area contributed by atoms with Gasteiger partial charge in [0, 0.05) is 6.42 Å². The second-order valence-corrected chi connectivity index (χ2v) is 4.50. The minimum absolute atomic E-state index is 0.0664. The number of benzene rings is 1. The highest BCUT2D eigenvalue weighted by atomic mass is 16.5. The third-order valence-corrected chi connectivity index (χ3v) is 2.86. The molecule has 0 saturated heterocycles. The van der Waals surface area contributed by atoms with E-state index in [0.717, 1.165) is 11.1 Å². The Kier molecular flexibility index (Phi) is 4.70. The van der Waals surface area contributed by atoms with E-state index in [1.165, 1.54) is 0 Å². The first-order chi connectivity index (χ1) is 8.02. The molecule has 0 aliphatic rings. The van der Waals surface area contributed by atoms with E-state index in [0.29, 0.717) is 30.2 Å². The smallest absolute Gasteiger partial charge is 0.168 e. The number of Topliss-reactive ketones (excluding diaryl/α,β-unsaturated/α-hetero) is 1. The maximum Gasteiger partial charge on any atom is 0.168 e. The molecule has 0 saturated carbocycles. The number of hydrogen-bond acceptors (Lipinski definition) is 3. The predicted molar refractivity (Wildman–Crippen MR) is 69.8 cm³/mol. The quantitative estimate of drug-likeness (QED) is 0.798. The first-order valence-corrected chi connectivity index (χ1v) is 5.93. The molecule has 1 aromatic carbocycles. The Labute approximate surface area is 103 Å². The molecular formula is C14H21NO2. The topological polar surface area (TPSA) is 52.3 Å². The molecule has 0 amide bonds. The van der Waals surface area contributed by atoms with Crippen LogP contribution in [0, 0.1) is 6.92 Å². The van der Waals surface area contributed by atoms with Crippen LogP contribution in [0.15, 0.2) is 12.1 Å². The van der Waals surface area contributed by atoms with E-state index in [4.69, 9.17) is 10.5 Å². The van der Waals surface area contributed by atoms with E-state index in [9.17, 15) is 4.79 Å². The van der Waals surface area contributed by atoms with Crippen molar-refractivity contribution >= 4 is 5.78 Å². The predicted octanol–water partition coefficient (Wildman–Crippen LogP) is 2.66. The van der Waals surface area contributed by atoms with Crippen LogP contribution >= 0.6 is 0 Å². The summed E-state index contributed by atoms with van der Waals surface area (Å²) in [5.74, 6) is 1.05. The van der Waals surface area contributed by atoms with Crippen molar-refractivity contribution in [1.82, 2.24) is 0 Å². The number of carbonyl (C=O) groups is 1. The molecule has 0 atom stereocenters. The summed E-state index contributed by atoms with van der Waals surface area (Å²) in [7, 11) is 1.60. The van der Waals surface area contributed by atoms with Crippen molar-refractivity contribution in [1.29, 1.82) is 0 Å². The molecular weight excluding hydrogens is 214 g/mol. The summed E-state index contributed by atoms with van der Waals surface area (Å²) in [4.78, 5) is 12.1. The lowest BCUT2D eigenvalue weighted by Gasteiger charge is -2.17. The zero-order valence-corrected chi connectivity index (χ0v) is 11.0. The fourth-order valence-corrected chi connectivity index (χ4v) is 1.99. The lowest BCUT2D eigenvalue weighted by atomic mass is 9.91. The minimum atomic E-state index is 0.0664. The number of carbonyl (C=O) groups excluding carboxylic acids is 1. The molecule has 3 heteroatoms. The van der Waals surface area contributed by atoms with Gasteiger partial charge < -0.3 is 10.5 Å². The summed E-state index contributed by atoms with van der Waals surface area (Å²) in [5.41, 5.74) is 8.18. The molecule has 0 heterocycles. The average Bonchev–Trinajstić information content (AvgIpc) is 2.28. The molecule has 0 aliphatic heterocycles. The van der Waals surface area contributed by atoms with Crippen LogP contribution in [-0.2, 0) is 0 Å². The zero-order chi connectivity index (χ0) is 13.0. The van der Waals surface area contributed by atoms with Crippen molar-refractivity contribution in [2.45, 2.75) is 33.1 Å². The van der Waals surface area contributed by atoms with Crippen LogP contribution < -0.4 is 10.5 Å². The summed E-state index contributed by atoms with van der Waals surface area (Å²) in [6, 6.07) is 4.00. The highest BCUT2D eigenvalue weighted by Crippen LogP contribution is 2.31. The van der Waals surface area contributed by atoms with Crippen LogP contribution in [0.2, 0.25) is 0 Å². The van der Waals surface area contributed by atoms with E-state index in [-0.39, 0.29) is 5.78 Å². The molecule has 3 nitrogen and oxygen atoms in total. The maximum atomic E-state index is 12.1. The van der Waals surface area contributed by atoms with Crippen LogP contribution in [0.4, 0.5) is 0 Å². The monoisotopic (exact) mass is 235 g/mol. The van der Waals surface area contributed by atoms with E-state index in [2.05, 4.69) is 13.8 Å². The molecule has 0 aromatic heterocycles. The van der Waals surface area contributed by atoms with E-state index < -0.39 is 0 Å². The lowest BCUT2D eigenvalue weighted by molar-refractivity contribution is 0.0981.